The van der Waals surface area contributed by atoms with Gasteiger partial charge in [-0.1, -0.05) is 37.3 Å². The Hall–Kier alpha value is -3.80. The van der Waals surface area contributed by atoms with Gasteiger partial charge in [-0.15, -0.1) is 0 Å². The predicted molar refractivity (Wildman–Crippen MR) is 117 cm³/mol. The number of carbonyl (C=O) groups excluding carboxylic acids is 2. The number of hydrogen-bond donors (Lipinski definition) is 2. The molecule has 0 bridgehead atoms. The molecule has 0 aliphatic carbocycles. The number of methoxy groups -OCH3 is 1. The third kappa shape index (κ3) is 5.38. The molecule has 1 atom stereocenters. The Balaban J connectivity index is 1.71. The van der Waals surface area contributed by atoms with Crippen LogP contribution in [0.4, 0.5) is 11.4 Å². The molecule has 3 aromatic rings. The van der Waals surface area contributed by atoms with Gasteiger partial charge in [0.1, 0.15) is 11.5 Å². The standard InChI is InChI=1S/C24H24N2O4/c1-3-22(30-19-9-5-4-6-10-19)24(28)26-21-12-8-7-11-20(21)23(27)25-17-13-15-18(29-2)16-14-17/h4-16,22H,3H2,1-2H3,(H,25,27)(H,26,28)/t22-/m1/s1. The summed E-state index contributed by atoms with van der Waals surface area (Å²) >= 11 is 0. The van der Waals surface area contributed by atoms with Gasteiger partial charge in [0, 0.05) is 5.69 Å². The molecule has 0 spiro atoms. The average Bonchev–Trinajstić information content (AvgIpc) is 2.79. The lowest BCUT2D eigenvalue weighted by Gasteiger charge is -2.18. The number of amides is 2. The van der Waals surface area contributed by atoms with Crippen LogP contribution < -0.4 is 20.1 Å². The van der Waals surface area contributed by atoms with Crippen molar-refractivity contribution in [2.75, 3.05) is 17.7 Å². The Bertz CT molecular complexity index is 988. The third-order valence-corrected chi connectivity index (χ3v) is 4.46. The average molecular weight is 404 g/mol. The van der Waals surface area contributed by atoms with E-state index in [4.69, 9.17) is 9.47 Å². The van der Waals surface area contributed by atoms with E-state index in [1.165, 1.54) is 0 Å². The van der Waals surface area contributed by atoms with Crippen molar-refractivity contribution in [1.29, 1.82) is 0 Å². The van der Waals surface area contributed by atoms with Crippen LogP contribution in [-0.4, -0.2) is 25.0 Å². The molecule has 0 aliphatic rings. The van der Waals surface area contributed by atoms with Crippen LogP contribution in [0.2, 0.25) is 0 Å². The van der Waals surface area contributed by atoms with Crippen molar-refractivity contribution in [2.45, 2.75) is 19.4 Å². The maximum Gasteiger partial charge on any atom is 0.265 e. The molecule has 3 rings (SSSR count). The fraction of sp³-hybridized carbons (Fsp3) is 0.167. The topological polar surface area (TPSA) is 76.7 Å². The number of hydrogen-bond acceptors (Lipinski definition) is 4. The van der Waals surface area contributed by atoms with Gasteiger partial charge in [-0.25, -0.2) is 0 Å². The van der Waals surface area contributed by atoms with Crippen molar-refractivity contribution in [1.82, 2.24) is 0 Å². The molecule has 2 amide bonds. The van der Waals surface area contributed by atoms with Gasteiger partial charge in [0.2, 0.25) is 0 Å². The summed E-state index contributed by atoms with van der Waals surface area (Å²) in [6.07, 6.45) is -0.189. The quantitative estimate of drug-likeness (QED) is 0.568. The first kappa shape index (κ1) is 20.9. The summed E-state index contributed by atoms with van der Waals surface area (Å²) in [5, 5.41) is 5.65. The van der Waals surface area contributed by atoms with Crippen molar-refractivity contribution >= 4 is 23.2 Å². The highest BCUT2D eigenvalue weighted by Gasteiger charge is 2.21. The summed E-state index contributed by atoms with van der Waals surface area (Å²) in [7, 11) is 1.58. The molecule has 30 heavy (non-hydrogen) atoms. The molecular formula is C24H24N2O4. The molecule has 0 fully saturated rings. The van der Waals surface area contributed by atoms with Gasteiger partial charge in [-0.2, -0.15) is 0 Å². The second-order valence-corrected chi connectivity index (χ2v) is 6.55. The predicted octanol–water partition coefficient (Wildman–Crippen LogP) is 4.74. The van der Waals surface area contributed by atoms with Crippen LogP contribution in [-0.2, 0) is 4.79 Å². The van der Waals surface area contributed by atoms with Gasteiger partial charge in [0.25, 0.3) is 11.8 Å². The van der Waals surface area contributed by atoms with Crippen LogP contribution in [0.5, 0.6) is 11.5 Å². The van der Waals surface area contributed by atoms with Gasteiger partial charge >= 0.3 is 0 Å². The fourth-order valence-electron chi connectivity index (χ4n) is 2.86. The highest BCUT2D eigenvalue weighted by molar-refractivity contribution is 6.10. The molecule has 0 heterocycles. The fourth-order valence-corrected chi connectivity index (χ4v) is 2.86. The first-order valence-corrected chi connectivity index (χ1v) is 9.67. The second kappa shape index (κ2) is 10.1. The lowest BCUT2D eigenvalue weighted by molar-refractivity contribution is -0.122. The molecule has 6 heteroatoms. The van der Waals surface area contributed by atoms with Crippen molar-refractivity contribution in [3.8, 4) is 11.5 Å². The Morgan fingerprint density at radius 1 is 0.833 bits per heavy atom. The van der Waals surface area contributed by atoms with Crippen LogP contribution in [0, 0.1) is 0 Å². The summed E-state index contributed by atoms with van der Waals surface area (Å²) in [6, 6.07) is 23.0. The molecule has 0 saturated heterocycles. The lowest BCUT2D eigenvalue weighted by atomic mass is 10.1. The zero-order chi connectivity index (χ0) is 21.3. The monoisotopic (exact) mass is 404 g/mol. The Morgan fingerprint density at radius 3 is 2.17 bits per heavy atom. The van der Waals surface area contributed by atoms with Crippen LogP contribution in [0.1, 0.15) is 23.7 Å². The molecule has 0 unspecified atom stereocenters. The number of ether oxygens (including phenoxy) is 2. The zero-order valence-electron chi connectivity index (χ0n) is 16.9. The van der Waals surface area contributed by atoms with Crippen molar-refractivity contribution < 1.29 is 19.1 Å². The van der Waals surface area contributed by atoms with Gasteiger partial charge in [0.15, 0.2) is 6.10 Å². The molecular weight excluding hydrogens is 380 g/mol. The van der Waals surface area contributed by atoms with E-state index in [9.17, 15) is 9.59 Å². The Kier molecular flexibility index (Phi) is 7.05. The molecule has 0 aromatic heterocycles. The lowest BCUT2D eigenvalue weighted by Crippen LogP contribution is -2.33. The summed E-state index contributed by atoms with van der Waals surface area (Å²) < 4.78 is 10.9. The van der Waals surface area contributed by atoms with Gasteiger partial charge in [0.05, 0.1) is 18.4 Å². The molecule has 6 nitrogen and oxygen atoms in total. The smallest absolute Gasteiger partial charge is 0.265 e. The van der Waals surface area contributed by atoms with Gasteiger partial charge in [-0.05, 0) is 55.0 Å². The summed E-state index contributed by atoms with van der Waals surface area (Å²) in [6.45, 7) is 1.87. The molecule has 154 valence electrons. The Morgan fingerprint density at radius 2 is 1.50 bits per heavy atom. The minimum Gasteiger partial charge on any atom is -0.497 e. The minimum absolute atomic E-state index is 0.314. The second-order valence-electron chi connectivity index (χ2n) is 6.55. The molecule has 2 N–H and O–H groups in total. The number of para-hydroxylation sites is 2. The van der Waals surface area contributed by atoms with Crippen LogP contribution in [0.3, 0.4) is 0 Å². The summed E-state index contributed by atoms with van der Waals surface area (Å²) in [4.78, 5) is 25.5. The van der Waals surface area contributed by atoms with E-state index in [2.05, 4.69) is 10.6 Å². The number of rotatable bonds is 8. The minimum atomic E-state index is -0.676. The van der Waals surface area contributed by atoms with E-state index in [-0.39, 0.29) is 11.8 Å². The van der Waals surface area contributed by atoms with Crippen LogP contribution in [0.15, 0.2) is 78.9 Å². The van der Waals surface area contributed by atoms with Crippen LogP contribution >= 0.6 is 0 Å². The number of carbonyl (C=O) groups is 2. The number of nitrogens with one attached hydrogen (secondary N) is 2. The van der Waals surface area contributed by atoms with E-state index in [1.807, 2.05) is 25.1 Å². The maximum atomic E-state index is 12.8. The molecule has 0 saturated carbocycles. The first-order valence-electron chi connectivity index (χ1n) is 9.67. The summed E-state index contributed by atoms with van der Waals surface area (Å²) in [5.74, 6) is 0.675. The molecule has 0 aliphatic heterocycles. The highest BCUT2D eigenvalue weighted by Crippen LogP contribution is 2.21. The van der Waals surface area contributed by atoms with E-state index in [1.54, 1.807) is 67.8 Å². The van der Waals surface area contributed by atoms with Crippen LogP contribution in [0.25, 0.3) is 0 Å². The van der Waals surface area contributed by atoms with Crippen molar-refractivity contribution in [2.24, 2.45) is 0 Å². The van der Waals surface area contributed by atoms with E-state index in [0.29, 0.717) is 34.9 Å². The van der Waals surface area contributed by atoms with E-state index >= 15 is 0 Å². The molecule has 0 radical (unpaired) electrons. The third-order valence-electron chi connectivity index (χ3n) is 4.46. The van der Waals surface area contributed by atoms with E-state index < -0.39 is 6.10 Å². The highest BCUT2D eigenvalue weighted by atomic mass is 16.5. The first-order chi connectivity index (χ1) is 14.6. The van der Waals surface area contributed by atoms with Crippen molar-refractivity contribution in [3.63, 3.8) is 0 Å². The number of benzene rings is 3. The summed E-state index contributed by atoms with van der Waals surface area (Å²) in [5.41, 5.74) is 1.40. The maximum absolute atomic E-state index is 12.8. The van der Waals surface area contributed by atoms with E-state index in [0.717, 1.165) is 0 Å². The number of anilines is 2. The SMILES string of the molecule is CC[C@@H](Oc1ccccc1)C(=O)Nc1ccccc1C(=O)Nc1ccc(OC)cc1. The normalized spacial score (nSPS) is 11.3. The largest absolute Gasteiger partial charge is 0.497 e. The van der Waals surface area contributed by atoms with Gasteiger partial charge < -0.3 is 20.1 Å². The van der Waals surface area contributed by atoms with Crippen molar-refractivity contribution in [3.05, 3.63) is 84.4 Å². The van der Waals surface area contributed by atoms with Gasteiger partial charge in [-0.3, -0.25) is 9.59 Å². The zero-order valence-corrected chi connectivity index (χ0v) is 16.9. The molecule has 3 aromatic carbocycles. The Labute approximate surface area is 175 Å².